The number of anilines is 1. The van der Waals surface area contributed by atoms with Gasteiger partial charge in [-0.1, -0.05) is 18.2 Å². The largest absolute Gasteiger partial charge is 0.465 e. The summed E-state index contributed by atoms with van der Waals surface area (Å²) in [6, 6.07) is 15.4. The first-order valence-electron chi connectivity index (χ1n) is 10.3. The minimum absolute atomic E-state index is 0.386. The van der Waals surface area contributed by atoms with E-state index >= 15 is 0 Å². The Balaban J connectivity index is 2.20. The van der Waals surface area contributed by atoms with Gasteiger partial charge in [-0.2, -0.15) is 0 Å². The number of carbonyl (C=O) groups is 1. The Morgan fingerprint density at radius 2 is 1.81 bits per heavy atom. The minimum Gasteiger partial charge on any atom is -0.465 e. The standard InChI is InChI=1S/C25H22Br2N2O3/c1-4-28-18-12-10-16-20(14-8-6-7-9-15(14)25(30)31-3)17-11-13-19(29-5-2)22(27)24(17)32-23(16)21(18)26/h6-13,28H,4-5H2,1-3H3. The van der Waals surface area contributed by atoms with Crippen LogP contribution in [0.3, 0.4) is 0 Å². The van der Waals surface area contributed by atoms with E-state index in [1.165, 1.54) is 7.11 Å². The first-order chi connectivity index (χ1) is 15.5. The third-order valence-corrected chi connectivity index (χ3v) is 6.77. The lowest BCUT2D eigenvalue weighted by molar-refractivity contribution is 0.0601. The van der Waals surface area contributed by atoms with Crippen LogP contribution in [0.1, 0.15) is 24.2 Å². The van der Waals surface area contributed by atoms with Crippen molar-refractivity contribution in [3.8, 4) is 22.5 Å². The zero-order valence-corrected chi connectivity index (χ0v) is 21.1. The van der Waals surface area contributed by atoms with Gasteiger partial charge in [-0.25, -0.2) is 4.79 Å². The average molecular weight is 558 g/mol. The Kier molecular flexibility index (Phi) is 6.67. The number of hydrogen-bond donors (Lipinski definition) is 1. The minimum atomic E-state index is -0.386. The van der Waals surface area contributed by atoms with Crippen LogP contribution in [-0.4, -0.2) is 26.2 Å². The summed E-state index contributed by atoms with van der Waals surface area (Å²) in [6.07, 6.45) is 0. The van der Waals surface area contributed by atoms with Gasteiger partial charge in [0.2, 0.25) is 0 Å². The molecule has 0 saturated carbocycles. The van der Waals surface area contributed by atoms with Crippen LogP contribution in [0.4, 0.5) is 5.69 Å². The Labute approximate surface area is 203 Å². The van der Waals surface area contributed by atoms with Crippen molar-refractivity contribution in [1.29, 1.82) is 0 Å². The predicted molar refractivity (Wildman–Crippen MR) is 135 cm³/mol. The Hall–Kier alpha value is -2.64. The zero-order valence-electron chi connectivity index (χ0n) is 18.0. The number of hydrogen-bond acceptors (Lipinski definition) is 5. The molecule has 0 amide bonds. The number of nitrogens with one attached hydrogen (secondary N) is 1. The van der Waals surface area contributed by atoms with Crippen LogP contribution in [0.15, 0.2) is 66.9 Å². The molecule has 1 aliphatic heterocycles. The fourth-order valence-electron chi connectivity index (χ4n) is 3.84. The quantitative estimate of drug-likeness (QED) is 0.215. The number of carbonyl (C=O) groups excluding carboxylic acids is 1. The number of nitrogens with zero attached hydrogens (tertiary/aromatic N) is 1. The van der Waals surface area contributed by atoms with E-state index in [1.807, 2.05) is 56.3 Å². The second-order valence-electron chi connectivity index (χ2n) is 7.10. The molecule has 0 spiro atoms. The second-order valence-corrected chi connectivity index (χ2v) is 8.68. The number of ether oxygens (including phenoxy) is 1. The molecule has 0 unspecified atom stereocenters. The molecule has 0 saturated heterocycles. The molecular weight excluding hydrogens is 536 g/mol. The van der Waals surface area contributed by atoms with Gasteiger partial charge in [0.1, 0.15) is 0 Å². The van der Waals surface area contributed by atoms with Gasteiger partial charge in [0.15, 0.2) is 11.3 Å². The summed E-state index contributed by atoms with van der Waals surface area (Å²) < 4.78 is 13.1. The molecule has 2 aliphatic rings. The number of esters is 1. The van der Waals surface area contributed by atoms with Crippen LogP contribution in [0, 0.1) is 0 Å². The lowest BCUT2D eigenvalue weighted by atomic mass is 9.90. The molecule has 0 aromatic heterocycles. The maximum Gasteiger partial charge on any atom is 0.338 e. The van der Waals surface area contributed by atoms with E-state index in [1.54, 1.807) is 6.07 Å². The van der Waals surface area contributed by atoms with E-state index in [-0.39, 0.29) is 5.97 Å². The van der Waals surface area contributed by atoms with Gasteiger partial charge in [0, 0.05) is 29.6 Å². The highest BCUT2D eigenvalue weighted by atomic mass is 79.9. The summed E-state index contributed by atoms with van der Waals surface area (Å²) in [5.41, 5.74) is 4.66. The van der Waals surface area contributed by atoms with E-state index in [0.29, 0.717) is 23.5 Å². The molecule has 1 N–H and O–H groups in total. The topological polar surface area (TPSA) is 63.8 Å². The molecule has 0 atom stereocenters. The fraction of sp³-hybridized carbons (Fsp3) is 0.200. The van der Waals surface area contributed by atoms with Crippen molar-refractivity contribution in [2.45, 2.75) is 13.8 Å². The molecule has 2 aromatic carbocycles. The molecule has 2 aromatic rings. The van der Waals surface area contributed by atoms with Crippen molar-refractivity contribution in [2.75, 3.05) is 25.5 Å². The second kappa shape index (κ2) is 9.46. The first-order valence-corrected chi connectivity index (χ1v) is 11.9. The smallest absolute Gasteiger partial charge is 0.338 e. The molecule has 7 heteroatoms. The zero-order chi connectivity index (χ0) is 22.8. The van der Waals surface area contributed by atoms with Crippen molar-refractivity contribution in [3.63, 3.8) is 0 Å². The predicted octanol–water partition coefficient (Wildman–Crippen LogP) is 6.87. The molecular formula is C25H22Br2N2O3. The fourth-order valence-corrected chi connectivity index (χ4v) is 4.96. The maximum absolute atomic E-state index is 12.6. The van der Waals surface area contributed by atoms with Crippen molar-refractivity contribution in [3.05, 3.63) is 68.4 Å². The van der Waals surface area contributed by atoms with E-state index in [4.69, 9.17) is 9.15 Å². The number of halogens is 2. The van der Waals surface area contributed by atoms with Gasteiger partial charge in [0.05, 0.1) is 32.7 Å². The van der Waals surface area contributed by atoms with Crippen LogP contribution in [0.5, 0.6) is 0 Å². The van der Waals surface area contributed by atoms with Crippen molar-refractivity contribution < 1.29 is 13.9 Å². The van der Waals surface area contributed by atoms with Gasteiger partial charge in [-0.05, 0) is 81.6 Å². The lowest BCUT2D eigenvalue weighted by Gasteiger charge is -2.20. The molecule has 4 rings (SSSR count). The van der Waals surface area contributed by atoms with Gasteiger partial charge >= 0.3 is 5.97 Å². The van der Waals surface area contributed by atoms with Gasteiger partial charge in [-0.3, -0.25) is 4.99 Å². The number of fused-ring (bicyclic) bond motifs is 2. The van der Waals surface area contributed by atoms with E-state index < -0.39 is 0 Å². The number of methoxy groups -OCH3 is 1. The molecule has 32 heavy (non-hydrogen) atoms. The summed E-state index contributed by atoms with van der Waals surface area (Å²) in [6.45, 7) is 5.47. The molecule has 1 aliphatic carbocycles. The normalized spacial score (nSPS) is 11.8. The van der Waals surface area contributed by atoms with Crippen LogP contribution >= 0.6 is 31.9 Å². The molecule has 5 nitrogen and oxygen atoms in total. The lowest BCUT2D eigenvalue weighted by Crippen LogP contribution is -2.08. The maximum atomic E-state index is 12.6. The van der Waals surface area contributed by atoms with E-state index in [9.17, 15) is 4.79 Å². The summed E-state index contributed by atoms with van der Waals surface area (Å²) >= 11 is 7.42. The Morgan fingerprint density at radius 3 is 2.53 bits per heavy atom. The van der Waals surface area contributed by atoms with Gasteiger partial charge in [0.25, 0.3) is 0 Å². The third kappa shape index (κ3) is 3.84. The number of rotatable bonds is 5. The highest BCUT2D eigenvalue weighted by molar-refractivity contribution is 9.11. The van der Waals surface area contributed by atoms with Crippen LogP contribution in [0.2, 0.25) is 0 Å². The van der Waals surface area contributed by atoms with Gasteiger partial charge in [-0.15, -0.1) is 0 Å². The van der Waals surface area contributed by atoms with E-state index in [0.717, 1.165) is 48.6 Å². The SMILES string of the molecule is CCN=c1ccc2c(-c3ccccc3C(=O)OC)c3ccc(NCC)c(Br)c3oc-2c1Br. The van der Waals surface area contributed by atoms with Crippen LogP contribution < -0.4 is 10.7 Å². The molecule has 0 bridgehead atoms. The van der Waals surface area contributed by atoms with E-state index in [2.05, 4.69) is 42.2 Å². The average Bonchev–Trinajstić information content (AvgIpc) is 2.81. The summed E-state index contributed by atoms with van der Waals surface area (Å²) in [5.74, 6) is 0.277. The monoisotopic (exact) mass is 556 g/mol. The molecule has 0 fully saturated rings. The third-order valence-electron chi connectivity index (χ3n) is 5.21. The highest BCUT2D eigenvalue weighted by Gasteiger charge is 2.25. The summed E-state index contributed by atoms with van der Waals surface area (Å²) in [4.78, 5) is 17.2. The van der Waals surface area contributed by atoms with Crippen molar-refractivity contribution >= 4 is 54.5 Å². The summed E-state index contributed by atoms with van der Waals surface area (Å²) in [5, 5.41) is 5.05. The Bertz CT molecular complexity index is 1360. The number of benzene rings is 3. The van der Waals surface area contributed by atoms with Crippen molar-refractivity contribution in [1.82, 2.24) is 0 Å². The van der Waals surface area contributed by atoms with Crippen LogP contribution in [0.25, 0.3) is 33.4 Å². The van der Waals surface area contributed by atoms with Gasteiger partial charge < -0.3 is 14.5 Å². The van der Waals surface area contributed by atoms with Crippen molar-refractivity contribution in [2.24, 2.45) is 4.99 Å². The van der Waals surface area contributed by atoms with Crippen LogP contribution in [-0.2, 0) is 4.74 Å². The first kappa shape index (κ1) is 22.6. The highest BCUT2D eigenvalue weighted by Crippen LogP contribution is 2.46. The molecule has 164 valence electrons. The molecule has 1 heterocycles. The molecule has 0 radical (unpaired) electrons. The summed E-state index contributed by atoms with van der Waals surface area (Å²) in [7, 11) is 1.39. The Morgan fingerprint density at radius 1 is 1.03 bits per heavy atom.